The van der Waals surface area contributed by atoms with Gasteiger partial charge in [-0.2, -0.15) is 0 Å². The molecule has 6 nitrogen and oxygen atoms in total. The van der Waals surface area contributed by atoms with Crippen LogP contribution in [0.25, 0.3) is 10.2 Å². The van der Waals surface area contributed by atoms with E-state index in [1.54, 1.807) is 17.4 Å². The molecule has 0 spiro atoms. The number of anilines is 1. The summed E-state index contributed by atoms with van der Waals surface area (Å²) in [5.74, 6) is 0.692. The van der Waals surface area contributed by atoms with Gasteiger partial charge in [0.2, 0.25) is 0 Å². The maximum Gasteiger partial charge on any atom is 0.260 e. The lowest BCUT2D eigenvalue weighted by Gasteiger charge is -2.20. The van der Waals surface area contributed by atoms with Crippen molar-refractivity contribution in [2.24, 2.45) is 0 Å². The molecular formula is C24H25ClN4O2S. The van der Waals surface area contributed by atoms with E-state index in [4.69, 9.17) is 21.3 Å². The Morgan fingerprint density at radius 3 is 2.78 bits per heavy atom. The van der Waals surface area contributed by atoms with Crippen molar-refractivity contribution < 1.29 is 9.53 Å². The third kappa shape index (κ3) is 5.47. The molecule has 2 heterocycles. The lowest BCUT2D eigenvalue weighted by molar-refractivity contribution is 0.0986. The van der Waals surface area contributed by atoms with Gasteiger partial charge in [0.25, 0.3) is 5.91 Å². The summed E-state index contributed by atoms with van der Waals surface area (Å²) in [7, 11) is 0. The monoisotopic (exact) mass is 468 g/mol. The molecule has 4 rings (SSSR count). The zero-order chi connectivity index (χ0) is 22.3. The minimum atomic E-state index is -0.0825. The first-order valence-corrected chi connectivity index (χ1v) is 11.9. The van der Waals surface area contributed by atoms with Crippen molar-refractivity contribution in [1.82, 2.24) is 14.5 Å². The molecule has 32 heavy (non-hydrogen) atoms. The highest BCUT2D eigenvalue weighted by Crippen LogP contribution is 2.32. The molecule has 0 atom stereocenters. The number of aromatic nitrogens is 3. The lowest BCUT2D eigenvalue weighted by atomic mass is 10.2. The smallest absolute Gasteiger partial charge is 0.260 e. The maximum absolute atomic E-state index is 13.5. The van der Waals surface area contributed by atoms with Crippen LogP contribution in [-0.4, -0.2) is 33.6 Å². The van der Waals surface area contributed by atoms with Gasteiger partial charge >= 0.3 is 0 Å². The number of fused-ring (bicyclic) bond motifs is 1. The van der Waals surface area contributed by atoms with Gasteiger partial charge in [0.15, 0.2) is 5.13 Å². The highest BCUT2D eigenvalue weighted by molar-refractivity contribution is 7.22. The van der Waals surface area contributed by atoms with Crippen molar-refractivity contribution in [1.29, 1.82) is 0 Å². The summed E-state index contributed by atoms with van der Waals surface area (Å²) in [5.41, 5.74) is 1.44. The molecular weight excluding hydrogens is 444 g/mol. The molecule has 0 radical (unpaired) electrons. The molecule has 0 saturated carbocycles. The summed E-state index contributed by atoms with van der Waals surface area (Å²) in [5, 5.41) is 1.32. The largest absolute Gasteiger partial charge is 0.494 e. The van der Waals surface area contributed by atoms with E-state index in [0.717, 1.165) is 41.8 Å². The number of aryl methyl sites for hydroxylation is 1. The van der Waals surface area contributed by atoms with Crippen molar-refractivity contribution in [3.63, 3.8) is 0 Å². The quantitative estimate of drug-likeness (QED) is 0.265. The Labute approximate surface area is 196 Å². The van der Waals surface area contributed by atoms with Crippen LogP contribution in [0.3, 0.4) is 0 Å². The summed E-state index contributed by atoms with van der Waals surface area (Å²) in [4.78, 5) is 24.0. The molecule has 166 valence electrons. The van der Waals surface area contributed by atoms with Crippen LogP contribution in [0.4, 0.5) is 5.13 Å². The maximum atomic E-state index is 13.5. The number of benzene rings is 2. The average Bonchev–Trinajstić information content (AvgIpc) is 3.46. The number of ether oxygens (including phenoxy) is 1. The summed E-state index contributed by atoms with van der Waals surface area (Å²) in [6.07, 6.45) is 8.32. The molecule has 8 heteroatoms. The second-order valence-corrected chi connectivity index (χ2v) is 8.89. The van der Waals surface area contributed by atoms with E-state index >= 15 is 0 Å². The number of carbonyl (C=O) groups excluding carboxylic acids is 1. The highest BCUT2D eigenvalue weighted by Gasteiger charge is 2.21. The summed E-state index contributed by atoms with van der Waals surface area (Å²) in [6.45, 7) is 4.12. The number of unbranched alkanes of at least 4 members (excludes halogenated alkanes) is 1. The van der Waals surface area contributed by atoms with Crippen molar-refractivity contribution in [3.8, 4) is 5.75 Å². The van der Waals surface area contributed by atoms with Crippen LogP contribution >= 0.6 is 22.9 Å². The van der Waals surface area contributed by atoms with Crippen LogP contribution in [0.15, 0.2) is 61.2 Å². The molecule has 4 aromatic rings. The van der Waals surface area contributed by atoms with Crippen molar-refractivity contribution >= 4 is 44.2 Å². The fraction of sp³-hybridized carbons (Fsp3) is 0.292. The lowest BCUT2D eigenvalue weighted by Crippen LogP contribution is -2.32. The second kappa shape index (κ2) is 10.6. The molecule has 0 N–H and O–H groups in total. The van der Waals surface area contributed by atoms with Gasteiger partial charge in [-0.1, -0.05) is 36.3 Å². The standard InChI is InChI=1S/C24H25ClN4O2S/c1-2-3-15-31-20-8-5-18(6-9-20)23(30)29(13-4-12-28-14-11-26-17-28)24-27-21-10-7-19(25)16-22(21)32-24/h5-11,14,16-17H,2-4,12-13,15H2,1H3. The summed E-state index contributed by atoms with van der Waals surface area (Å²) >= 11 is 7.62. The number of rotatable bonds is 10. The Bertz CT molecular complexity index is 1160. The van der Waals surface area contributed by atoms with E-state index in [0.29, 0.717) is 28.9 Å². The Hall–Kier alpha value is -2.90. The SMILES string of the molecule is CCCCOc1ccc(C(=O)N(CCCn2ccnc2)c2nc3ccc(Cl)cc3s2)cc1. The average molecular weight is 469 g/mol. The Kier molecular flexibility index (Phi) is 7.39. The molecule has 2 aromatic heterocycles. The molecule has 0 bridgehead atoms. The highest BCUT2D eigenvalue weighted by atomic mass is 35.5. The topological polar surface area (TPSA) is 60.2 Å². The van der Waals surface area contributed by atoms with E-state index in [-0.39, 0.29) is 5.91 Å². The number of imidazole rings is 1. The molecule has 2 aromatic carbocycles. The fourth-order valence-electron chi connectivity index (χ4n) is 3.30. The minimum absolute atomic E-state index is 0.0825. The Morgan fingerprint density at radius 2 is 2.03 bits per heavy atom. The zero-order valence-electron chi connectivity index (χ0n) is 17.9. The van der Waals surface area contributed by atoms with Gasteiger partial charge in [0, 0.05) is 36.1 Å². The third-order valence-corrected chi connectivity index (χ3v) is 6.32. The van der Waals surface area contributed by atoms with E-state index < -0.39 is 0 Å². The van der Waals surface area contributed by atoms with E-state index in [2.05, 4.69) is 11.9 Å². The first-order valence-electron chi connectivity index (χ1n) is 10.7. The number of hydrogen-bond donors (Lipinski definition) is 0. The van der Waals surface area contributed by atoms with Crippen LogP contribution in [0.2, 0.25) is 5.02 Å². The van der Waals surface area contributed by atoms with Crippen LogP contribution in [-0.2, 0) is 6.54 Å². The molecule has 0 aliphatic carbocycles. The van der Waals surface area contributed by atoms with Gasteiger partial charge in [-0.15, -0.1) is 0 Å². The first kappa shape index (κ1) is 22.3. The van der Waals surface area contributed by atoms with Gasteiger partial charge in [-0.3, -0.25) is 9.69 Å². The summed E-state index contributed by atoms with van der Waals surface area (Å²) in [6, 6.07) is 12.9. The fourth-order valence-corrected chi connectivity index (χ4v) is 4.57. The summed E-state index contributed by atoms with van der Waals surface area (Å²) < 4.78 is 8.69. The molecule has 0 unspecified atom stereocenters. The van der Waals surface area contributed by atoms with Crippen molar-refractivity contribution in [2.75, 3.05) is 18.1 Å². The van der Waals surface area contributed by atoms with Crippen LogP contribution in [0, 0.1) is 0 Å². The predicted molar refractivity (Wildman–Crippen MR) is 130 cm³/mol. The predicted octanol–water partition coefficient (Wildman–Crippen LogP) is 6.06. The van der Waals surface area contributed by atoms with Crippen molar-refractivity contribution in [3.05, 3.63) is 71.8 Å². The van der Waals surface area contributed by atoms with Crippen LogP contribution < -0.4 is 9.64 Å². The van der Waals surface area contributed by atoms with Crippen LogP contribution in [0.5, 0.6) is 5.75 Å². The third-order valence-electron chi connectivity index (χ3n) is 5.04. The molecule has 0 saturated heterocycles. The van der Waals surface area contributed by atoms with E-state index in [1.807, 2.05) is 53.2 Å². The number of nitrogens with zero attached hydrogens (tertiary/aromatic N) is 4. The Balaban J connectivity index is 1.54. The van der Waals surface area contributed by atoms with Gasteiger partial charge in [0.1, 0.15) is 5.75 Å². The van der Waals surface area contributed by atoms with E-state index in [9.17, 15) is 4.79 Å². The first-order chi connectivity index (χ1) is 15.6. The van der Waals surface area contributed by atoms with E-state index in [1.165, 1.54) is 11.3 Å². The Morgan fingerprint density at radius 1 is 1.19 bits per heavy atom. The zero-order valence-corrected chi connectivity index (χ0v) is 19.5. The van der Waals surface area contributed by atoms with Gasteiger partial charge in [-0.25, -0.2) is 9.97 Å². The normalized spacial score (nSPS) is 11.1. The second-order valence-electron chi connectivity index (χ2n) is 7.45. The molecule has 0 aliphatic heterocycles. The number of amides is 1. The number of carbonyl (C=O) groups is 1. The molecule has 0 fully saturated rings. The van der Waals surface area contributed by atoms with Crippen LogP contribution in [0.1, 0.15) is 36.5 Å². The minimum Gasteiger partial charge on any atom is -0.494 e. The van der Waals surface area contributed by atoms with Gasteiger partial charge < -0.3 is 9.30 Å². The van der Waals surface area contributed by atoms with Gasteiger partial charge in [-0.05, 0) is 55.3 Å². The number of thiazole rings is 1. The van der Waals surface area contributed by atoms with Gasteiger partial charge in [0.05, 0.1) is 23.2 Å². The molecule has 1 amide bonds. The molecule has 0 aliphatic rings. The number of hydrogen-bond acceptors (Lipinski definition) is 5. The van der Waals surface area contributed by atoms with Crippen molar-refractivity contribution in [2.45, 2.75) is 32.7 Å². The number of halogens is 1.